The number of aromatic amines is 2. The first-order chi connectivity index (χ1) is 16.1. The molecule has 0 saturated carbocycles. The second-order valence-corrected chi connectivity index (χ2v) is 8.27. The zero-order chi connectivity index (χ0) is 23.0. The van der Waals surface area contributed by atoms with Gasteiger partial charge in [0.15, 0.2) is 5.82 Å². The fourth-order valence-electron chi connectivity index (χ4n) is 3.10. The molecule has 10 nitrogen and oxygen atoms in total. The first-order valence-corrected chi connectivity index (χ1v) is 11.3. The lowest BCUT2D eigenvalue weighted by atomic mass is 10.2. The van der Waals surface area contributed by atoms with Crippen molar-refractivity contribution < 1.29 is 9.53 Å². The lowest BCUT2D eigenvalue weighted by molar-refractivity contribution is 0.0940. The number of hydrogen-bond acceptors (Lipinski definition) is 8. The number of rotatable bonds is 10. The van der Waals surface area contributed by atoms with Gasteiger partial charge in [-0.25, -0.2) is 9.97 Å². The minimum atomic E-state index is -0.471. The van der Waals surface area contributed by atoms with Crippen LogP contribution in [-0.4, -0.2) is 43.4 Å². The molecule has 0 unspecified atom stereocenters. The molecule has 0 aliphatic rings. The number of nitrogens with zero attached hydrogens (tertiary/aromatic N) is 3. The summed E-state index contributed by atoms with van der Waals surface area (Å²) in [4.78, 5) is 35.6. The number of fused-ring (bicyclic) bond motifs is 1. The summed E-state index contributed by atoms with van der Waals surface area (Å²) in [6.07, 6.45) is 3.46. The maximum atomic E-state index is 12.5. The van der Waals surface area contributed by atoms with Gasteiger partial charge in [-0.05, 0) is 48.7 Å². The van der Waals surface area contributed by atoms with Gasteiger partial charge in [-0.2, -0.15) is 0 Å². The Balaban J connectivity index is 1.26. The Labute approximate surface area is 193 Å². The quantitative estimate of drug-likeness (QED) is 0.158. The molecule has 0 bridgehead atoms. The fourth-order valence-corrected chi connectivity index (χ4v) is 3.87. The van der Waals surface area contributed by atoms with Gasteiger partial charge in [0.25, 0.3) is 11.5 Å². The van der Waals surface area contributed by atoms with Crippen LogP contribution in [0, 0.1) is 0 Å². The summed E-state index contributed by atoms with van der Waals surface area (Å²) >= 11 is 1.60. The van der Waals surface area contributed by atoms with Gasteiger partial charge in [-0.1, -0.05) is 23.9 Å². The Morgan fingerprint density at radius 1 is 1.18 bits per heavy atom. The van der Waals surface area contributed by atoms with Crippen LogP contribution < -0.4 is 21.3 Å². The topological polar surface area (TPSA) is 152 Å². The number of benzene rings is 2. The van der Waals surface area contributed by atoms with E-state index in [1.165, 1.54) is 6.07 Å². The van der Waals surface area contributed by atoms with Gasteiger partial charge >= 0.3 is 0 Å². The van der Waals surface area contributed by atoms with Crippen molar-refractivity contribution in [2.45, 2.75) is 24.5 Å². The number of carbonyl (C=O) groups excluding carboxylic acids is 1. The van der Waals surface area contributed by atoms with Crippen LogP contribution in [0.5, 0.6) is 5.75 Å². The maximum absolute atomic E-state index is 12.5. The average Bonchev–Trinajstić information content (AvgIpc) is 3.34. The second-order valence-electron chi connectivity index (χ2n) is 7.21. The molecule has 1 amide bonds. The van der Waals surface area contributed by atoms with Crippen molar-refractivity contribution >= 4 is 34.3 Å². The third kappa shape index (κ3) is 6.10. The Bertz CT molecular complexity index is 1290. The summed E-state index contributed by atoms with van der Waals surface area (Å²) in [7, 11) is 0. The number of thioether (sulfide) groups is 1. The van der Waals surface area contributed by atoms with Crippen LogP contribution in [0.3, 0.4) is 0 Å². The molecule has 11 heteroatoms. The van der Waals surface area contributed by atoms with E-state index in [1.807, 2.05) is 24.3 Å². The second kappa shape index (κ2) is 10.6. The van der Waals surface area contributed by atoms with Gasteiger partial charge in [0, 0.05) is 18.0 Å². The fraction of sp³-hybridized carbons (Fsp3) is 0.227. The number of nitrogen functional groups attached to an aromatic ring is 1. The van der Waals surface area contributed by atoms with Gasteiger partial charge in [-0.3, -0.25) is 14.7 Å². The molecule has 2 heterocycles. The van der Waals surface area contributed by atoms with Crippen LogP contribution in [-0.2, 0) is 6.54 Å². The average molecular weight is 466 g/mol. The monoisotopic (exact) mass is 465 g/mol. The molecule has 170 valence electrons. The van der Waals surface area contributed by atoms with E-state index in [4.69, 9.17) is 10.5 Å². The first-order valence-electron chi connectivity index (χ1n) is 10.4. The number of ether oxygens (including phenoxy) is 1. The van der Waals surface area contributed by atoms with Crippen LogP contribution in [0.1, 0.15) is 29.0 Å². The number of H-pyrrole nitrogens is 2. The molecule has 0 saturated heterocycles. The number of aromatic nitrogens is 5. The molecule has 33 heavy (non-hydrogen) atoms. The van der Waals surface area contributed by atoms with Crippen LogP contribution in [0.25, 0.3) is 10.9 Å². The van der Waals surface area contributed by atoms with Crippen molar-refractivity contribution in [3.63, 3.8) is 0 Å². The van der Waals surface area contributed by atoms with Crippen molar-refractivity contribution in [3.8, 4) is 5.75 Å². The molecule has 0 radical (unpaired) electrons. The van der Waals surface area contributed by atoms with Crippen molar-refractivity contribution in [3.05, 3.63) is 70.5 Å². The summed E-state index contributed by atoms with van der Waals surface area (Å²) in [5.74, 6) is 1.14. The molecule has 4 aromatic rings. The van der Waals surface area contributed by atoms with Crippen molar-refractivity contribution in [1.82, 2.24) is 30.5 Å². The van der Waals surface area contributed by atoms with Crippen LogP contribution in [0.2, 0.25) is 0 Å². The van der Waals surface area contributed by atoms with E-state index in [0.29, 0.717) is 23.2 Å². The standard InChI is InChI=1S/C22H23N7O3S/c23-15-6-7-18-17(11-15)20(30)28-19(27-18)21(31)24-12-14-4-3-5-16(10-14)32-8-1-2-9-33-22-25-13-26-29-22/h3-7,10-11,13H,1-2,8-9,12,23H2,(H,24,31)(H,25,26,29)(H,27,28,30). The first kappa shape index (κ1) is 22.3. The molecule has 0 aliphatic carbocycles. The van der Waals surface area contributed by atoms with Crippen molar-refractivity contribution in [2.75, 3.05) is 18.1 Å². The molecule has 0 fully saturated rings. The summed E-state index contributed by atoms with van der Waals surface area (Å²) < 4.78 is 5.82. The van der Waals surface area contributed by atoms with Gasteiger partial charge in [0.1, 0.15) is 12.1 Å². The SMILES string of the molecule is Nc1ccc2nc(C(=O)NCc3cccc(OCCCCSc4nc[nH]n4)c3)[nH]c(=O)c2c1. The largest absolute Gasteiger partial charge is 0.494 e. The Morgan fingerprint density at radius 2 is 2.09 bits per heavy atom. The molecule has 2 aromatic heterocycles. The smallest absolute Gasteiger partial charge is 0.287 e. The normalized spacial score (nSPS) is 10.9. The molecule has 4 rings (SSSR count). The van der Waals surface area contributed by atoms with Crippen LogP contribution in [0.15, 0.2) is 58.7 Å². The van der Waals surface area contributed by atoms with Crippen LogP contribution in [0.4, 0.5) is 5.69 Å². The molecule has 5 N–H and O–H groups in total. The number of unbranched alkanes of at least 4 members (excludes halogenated alkanes) is 1. The Kier molecular flexibility index (Phi) is 7.20. The highest BCUT2D eigenvalue weighted by Crippen LogP contribution is 2.16. The van der Waals surface area contributed by atoms with Crippen molar-refractivity contribution in [2.24, 2.45) is 0 Å². The predicted octanol–water partition coefficient (Wildman–Crippen LogP) is 2.50. The van der Waals surface area contributed by atoms with E-state index in [1.54, 1.807) is 30.2 Å². The van der Waals surface area contributed by atoms with Gasteiger partial charge in [-0.15, -0.1) is 5.10 Å². The molecule has 0 atom stereocenters. The Hall–Kier alpha value is -3.86. The van der Waals surface area contributed by atoms with Gasteiger partial charge < -0.3 is 20.8 Å². The minimum Gasteiger partial charge on any atom is -0.494 e. The molecular weight excluding hydrogens is 442 g/mol. The minimum absolute atomic E-state index is 0.0485. The lowest BCUT2D eigenvalue weighted by Gasteiger charge is -2.09. The number of nitrogens with one attached hydrogen (secondary N) is 3. The summed E-state index contributed by atoms with van der Waals surface area (Å²) in [6.45, 7) is 0.865. The maximum Gasteiger partial charge on any atom is 0.287 e. The number of carbonyl (C=O) groups is 1. The van der Waals surface area contributed by atoms with E-state index in [9.17, 15) is 9.59 Å². The lowest BCUT2D eigenvalue weighted by Crippen LogP contribution is -2.27. The van der Waals surface area contributed by atoms with Gasteiger partial charge in [0.2, 0.25) is 5.16 Å². The molecular formula is C22H23N7O3S. The van der Waals surface area contributed by atoms with E-state index in [0.717, 1.165) is 35.1 Å². The molecule has 0 spiro atoms. The van der Waals surface area contributed by atoms with E-state index in [2.05, 4.69) is 30.5 Å². The molecule has 0 aliphatic heterocycles. The number of anilines is 1. The van der Waals surface area contributed by atoms with E-state index in [-0.39, 0.29) is 12.4 Å². The Morgan fingerprint density at radius 3 is 2.94 bits per heavy atom. The third-order valence-electron chi connectivity index (χ3n) is 4.73. The number of hydrogen-bond donors (Lipinski definition) is 4. The highest BCUT2D eigenvalue weighted by Gasteiger charge is 2.12. The summed E-state index contributed by atoms with van der Waals surface area (Å²) in [6, 6.07) is 12.3. The number of nitrogens with two attached hydrogens (primary N) is 1. The van der Waals surface area contributed by atoms with Gasteiger partial charge in [0.05, 0.1) is 17.5 Å². The zero-order valence-corrected chi connectivity index (χ0v) is 18.5. The molecule has 2 aromatic carbocycles. The number of amides is 1. The predicted molar refractivity (Wildman–Crippen MR) is 126 cm³/mol. The zero-order valence-electron chi connectivity index (χ0n) is 17.7. The highest BCUT2D eigenvalue weighted by atomic mass is 32.2. The van der Waals surface area contributed by atoms with E-state index < -0.39 is 11.5 Å². The van der Waals surface area contributed by atoms with Crippen LogP contribution >= 0.6 is 11.8 Å². The van der Waals surface area contributed by atoms with Crippen molar-refractivity contribution in [1.29, 1.82) is 0 Å². The summed E-state index contributed by atoms with van der Waals surface area (Å²) in [5.41, 5.74) is 7.04. The third-order valence-corrected chi connectivity index (χ3v) is 5.68. The summed E-state index contributed by atoms with van der Waals surface area (Å²) in [5, 5.41) is 10.6. The van der Waals surface area contributed by atoms with E-state index >= 15 is 0 Å². The highest BCUT2D eigenvalue weighted by molar-refractivity contribution is 7.99.